The van der Waals surface area contributed by atoms with Crippen LogP contribution in [0.15, 0.2) is 42.5 Å². The highest BCUT2D eigenvalue weighted by molar-refractivity contribution is 5.65. The Kier molecular flexibility index (Phi) is 5.93. The normalized spacial score (nSPS) is 16.0. The molecule has 0 atom stereocenters. The van der Waals surface area contributed by atoms with Crippen molar-refractivity contribution in [1.29, 1.82) is 0 Å². The van der Waals surface area contributed by atoms with Crippen molar-refractivity contribution >= 4 is 11.4 Å². The standard InChI is InChI=1S/C19H17F6N3O2/c20-18(21,22)14-3-1-2-13(10-14)12-26-6-8-27(9-7-26)16-5-4-15(19(23,24)25)11-17(16)28(29)30/h1-5,10-11H,6-9,12H2. The van der Waals surface area contributed by atoms with Crippen molar-refractivity contribution in [2.45, 2.75) is 18.9 Å². The number of piperazine rings is 1. The summed E-state index contributed by atoms with van der Waals surface area (Å²) in [7, 11) is 0. The molecule has 0 bridgehead atoms. The van der Waals surface area contributed by atoms with Crippen molar-refractivity contribution in [2.24, 2.45) is 0 Å². The van der Waals surface area contributed by atoms with Crippen LogP contribution in [0.3, 0.4) is 0 Å². The van der Waals surface area contributed by atoms with Crippen LogP contribution in [0.1, 0.15) is 16.7 Å². The SMILES string of the molecule is O=[N+]([O-])c1cc(C(F)(F)F)ccc1N1CCN(Cc2cccc(C(F)(F)F)c2)CC1. The maximum absolute atomic E-state index is 12.9. The largest absolute Gasteiger partial charge is 0.416 e. The van der Waals surface area contributed by atoms with Crippen LogP contribution < -0.4 is 4.90 Å². The Morgan fingerprint density at radius 1 is 0.867 bits per heavy atom. The lowest BCUT2D eigenvalue weighted by Crippen LogP contribution is -2.46. The Bertz CT molecular complexity index is 921. The molecule has 0 saturated carbocycles. The summed E-state index contributed by atoms with van der Waals surface area (Å²) in [5.41, 5.74) is -1.89. The lowest BCUT2D eigenvalue weighted by Gasteiger charge is -2.36. The van der Waals surface area contributed by atoms with Crippen molar-refractivity contribution in [3.63, 3.8) is 0 Å². The number of nitro groups is 1. The number of anilines is 1. The fourth-order valence-electron chi connectivity index (χ4n) is 3.36. The number of hydrogen-bond donors (Lipinski definition) is 0. The summed E-state index contributed by atoms with van der Waals surface area (Å²) in [6.07, 6.45) is -9.12. The molecule has 1 saturated heterocycles. The Hall–Kier alpha value is -2.82. The van der Waals surface area contributed by atoms with Gasteiger partial charge >= 0.3 is 12.4 Å². The van der Waals surface area contributed by atoms with E-state index in [9.17, 15) is 36.5 Å². The second kappa shape index (κ2) is 8.13. The van der Waals surface area contributed by atoms with E-state index in [4.69, 9.17) is 0 Å². The third-order valence-electron chi connectivity index (χ3n) is 4.87. The maximum atomic E-state index is 12.9. The fraction of sp³-hybridized carbons (Fsp3) is 0.368. The molecule has 2 aromatic carbocycles. The lowest BCUT2D eigenvalue weighted by molar-refractivity contribution is -0.384. The molecule has 0 aromatic heterocycles. The predicted molar refractivity (Wildman–Crippen MR) is 97.0 cm³/mol. The summed E-state index contributed by atoms with van der Waals surface area (Å²) in [5.74, 6) is 0. The van der Waals surface area contributed by atoms with Gasteiger partial charge in [0, 0.05) is 38.8 Å². The average molecular weight is 433 g/mol. The molecule has 1 aliphatic heterocycles. The number of hydrogen-bond acceptors (Lipinski definition) is 4. The van der Waals surface area contributed by atoms with Gasteiger partial charge in [-0.15, -0.1) is 0 Å². The van der Waals surface area contributed by atoms with Crippen LogP contribution in [0.4, 0.5) is 37.7 Å². The Labute approximate surface area is 167 Å². The molecular weight excluding hydrogens is 416 g/mol. The zero-order chi connectivity index (χ0) is 22.1. The average Bonchev–Trinajstić information content (AvgIpc) is 2.67. The minimum Gasteiger partial charge on any atom is -0.363 e. The molecule has 0 spiro atoms. The highest BCUT2D eigenvalue weighted by Crippen LogP contribution is 2.37. The monoisotopic (exact) mass is 433 g/mol. The van der Waals surface area contributed by atoms with Crippen molar-refractivity contribution < 1.29 is 31.3 Å². The van der Waals surface area contributed by atoms with Crippen molar-refractivity contribution in [2.75, 3.05) is 31.1 Å². The van der Waals surface area contributed by atoms with Crippen LogP contribution in [0, 0.1) is 10.1 Å². The lowest BCUT2D eigenvalue weighted by atomic mass is 10.1. The van der Waals surface area contributed by atoms with Gasteiger partial charge in [-0.1, -0.05) is 18.2 Å². The van der Waals surface area contributed by atoms with Gasteiger partial charge in [0.05, 0.1) is 16.1 Å². The van der Waals surface area contributed by atoms with Crippen LogP contribution in [0.5, 0.6) is 0 Å². The summed E-state index contributed by atoms with van der Waals surface area (Å²) >= 11 is 0. The smallest absolute Gasteiger partial charge is 0.363 e. The summed E-state index contributed by atoms with van der Waals surface area (Å²) in [6, 6.07) is 7.39. The molecule has 30 heavy (non-hydrogen) atoms. The maximum Gasteiger partial charge on any atom is 0.416 e. The quantitative estimate of drug-likeness (QED) is 0.389. The van der Waals surface area contributed by atoms with Gasteiger partial charge in [0.1, 0.15) is 5.69 Å². The van der Waals surface area contributed by atoms with E-state index >= 15 is 0 Å². The van der Waals surface area contributed by atoms with E-state index in [1.807, 2.05) is 4.90 Å². The van der Waals surface area contributed by atoms with Gasteiger partial charge in [0.25, 0.3) is 5.69 Å². The summed E-state index contributed by atoms with van der Waals surface area (Å²) in [5, 5.41) is 11.3. The predicted octanol–water partition coefficient (Wildman–Crippen LogP) is 4.95. The van der Waals surface area contributed by atoms with E-state index < -0.39 is 34.1 Å². The molecule has 0 radical (unpaired) electrons. The molecule has 0 amide bonds. The molecule has 0 unspecified atom stereocenters. The highest BCUT2D eigenvalue weighted by Gasteiger charge is 2.34. The fourth-order valence-corrected chi connectivity index (χ4v) is 3.36. The number of halogens is 6. The van der Waals surface area contributed by atoms with Crippen LogP contribution in [-0.4, -0.2) is 36.0 Å². The molecule has 1 heterocycles. The van der Waals surface area contributed by atoms with E-state index in [-0.39, 0.29) is 12.2 Å². The van der Waals surface area contributed by atoms with E-state index in [1.54, 1.807) is 11.0 Å². The molecule has 5 nitrogen and oxygen atoms in total. The first-order valence-electron chi connectivity index (χ1n) is 8.94. The number of benzene rings is 2. The van der Waals surface area contributed by atoms with Gasteiger partial charge in [-0.25, -0.2) is 0 Å². The van der Waals surface area contributed by atoms with E-state index in [0.717, 1.165) is 24.3 Å². The van der Waals surface area contributed by atoms with Gasteiger partial charge in [-0.2, -0.15) is 26.3 Å². The number of nitrogens with zero attached hydrogens (tertiary/aromatic N) is 3. The van der Waals surface area contributed by atoms with Crippen LogP contribution in [-0.2, 0) is 18.9 Å². The molecule has 3 rings (SSSR count). The summed E-state index contributed by atoms with van der Waals surface area (Å²) < 4.78 is 77.1. The summed E-state index contributed by atoms with van der Waals surface area (Å²) in [4.78, 5) is 13.9. The van der Waals surface area contributed by atoms with Crippen LogP contribution >= 0.6 is 0 Å². The second-order valence-corrected chi connectivity index (χ2v) is 6.92. The van der Waals surface area contributed by atoms with Gasteiger partial charge in [-0.3, -0.25) is 15.0 Å². The van der Waals surface area contributed by atoms with Crippen molar-refractivity contribution in [1.82, 2.24) is 4.90 Å². The number of alkyl halides is 6. The molecule has 1 fully saturated rings. The molecular formula is C19H17F6N3O2. The topological polar surface area (TPSA) is 49.6 Å². The Morgan fingerprint density at radius 2 is 1.47 bits per heavy atom. The van der Waals surface area contributed by atoms with Gasteiger partial charge < -0.3 is 4.90 Å². The zero-order valence-electron chi connectivity index (χ0n) is 15.5. The second-order valence-electron chi connectivity index (χ2n) is 6.92. The van der Waals surface area contributed by atoms with Crippen molar-refractivity contribution in [3.8, 4) is 0 Å². The zero-order valence-corrected chi connectivity index (χ0v) is 15.5. The molecule has 2 aromatic rings. The minimum absolute atomic E-state index is 0.0896. The molecule has 0 aliphatic carbocycles. The minimum atomic E-state index is -4.69. The van der Waals surface area contributed by atoms with Gasteiger partial charge in [0.15, 0.2) is 0 Å². The molecule has 11 heteroatoms. The summed E-state index contributed by atoms with van der Waals surface area (Å²) in [6.45, 7) is 1.66. The van der Waals surface area contributed by atoms with Gasteiger partial charge in [0.2, 0.25) is 0 Å². The van der Waals surface area contributed by atoms with Gasteiger partial charge in [-0.05, 0) is 23.8 Å². The molecule has 0 N–H and O–H groups in total. The number of nitro benzene ring substituents is 1. The Balaban J connectivity index is 1.69. The van der Waals surface area contributed by atoms with Crippen molar-refractivity contribution in [3.05, 3.63) is 69.3 Å². The first-order chi connectivity index (χ1) is 13.9. The molecule has 1 aliphatic rings. The van der Waals surface area contributed by atoms with E-state index in [1.165, 1.54) is 6.07 Å². The first kappa shape index (κ1) is 21.9. The Morgan fingerprint density at radius 3 is 2.03 bits per heavy atom. The highest BCUT2D eigenvalue weighted by atomic mass is 19.4. The van der Waals surface area contributed by atoms with Crippen LogP contribution in [0.2, 0.25) is 0 Å². The first-order valence-corrected chi connectivity index (χ1v) is 8.94. The van der Waals surface area contributed by atoms with E-state index in [0.29, 0.717) is 37.8 Å². The van der Waals surface area contributed by atoms with Crippen LogP contribution in [0.25, 0.3) is 0 Å². The van der Waals surface area contributed by atoms with E-state index in [2.05, 4.69) is 0 Å². The third kappa shape index (κ3) is 5.02. The molecule has 162 valence electrons. The third-order valence-corrected chi connectivity index (χ3v) is 4.87. The number of rotatable bonds is 4.